The van der Waals surface area contributed by atoms with Crippen molar-refractivity contribution in [2.75, 3.05) is 10.6 Å². The quantitative estimate of drug-likeness (QED) is 0.575. The van der Waals surface area contributed by atoms with Gasteiger partial charge in [-0.25, -0.2) is 4.79 Å². The zero-order chi connectivity index (χ0) is 19.7. The van der Waals surface area contributed by atoms with Gasteiger partial charge in [0.15, 0.2) is 0 Å². The minimum absolute atomic E-state index is 0.0577. The number of benzene rings is 2. The molecule has 5 nitrogen and oxygen atoms in total. The number of anilines is 2. The lowest BCUT2D eigenvalue weighted by Gasteiger charge is -2.21. The molecule has 0 radical (unpaired) electrons. The van der Waals surface area contributed by atoms with Gasteiger partial charge in [-0.05, 0) is 54.8 Å². The molecule has 0 heterocycles. The number of nitrogens with one attached hydrogen (secondary N) is 2. The van der Waals surface area contributed by atoms with Gasteiger partial charge in [-0.15, -0.1) is 0 Å². The summed E-state index contributed by atoms with van der Waals surface area (Å²) in [6.45, 7) is 5.06. The lowest BCUT2D eigenvalue weighted by molar-refractivity contribution is -0.167. The van der Waals surface area contributed by atoms with Gasteiger partial charge in [-0.2, -0.15) is 13.2 Å². The van der Waals surface area contributed by atoms with Crippen LogP contribution in [0.4, 0.5) is 29.3 Å². The van der Waals surface area contributed by atoms with Gasteiger partial charge >= 0.3 is 18.2 Å². The van der Waals surface area contributed by atoms with Crippen molar-refractivity contribution in [1.82, 2.24) is 0 Å². The lowest BCUT2D eigenvalue weighted by atomic mass is 10.1. The number of ether oxygens (including phenoxy) is 1. The van der Waals surface area contributed by atoms with Gasteiger partial charge in [0.1, 0.15) is 5.60 Å². The van der Waals surface area contributed by atoms with E-state index >= 15 is 0 Å². The lowest BCUT2D eigenvalue weighted by Crippen LogP contribution is -2.30. The van der Waals surface area contributed by atoms with E-state index < -0.39 is 23.8 Å². The van der Waals surface area contributed by atoms with Gasteiger partial charge in [0, 0.05) is 8.96 Å². The molecular formula is C17H16F3IN2O3. The molecule has 2 rings (SSSR count). The highest BCUT2D eigenvalue weighted by atomic mass is 127. The number of halogens is 4. The Balaban J connectivity index is 2.47. The third kappa shape index (κ3) is 4.99. The van der Waals surface area contributed by atoms with Gasteiger partial charge in [-0.1, -0.05) is 24.3 Å². The third-order valence-electron chi connectivity index (χ3n) is 3.12. The molecule has 0 saturated heterocycles. The summed E-state index contributed by atoms with van der Waals surface area (Å²) in [5, 5.41) is 5.55. The van der Waals surface area contributed by atoms with E-state index in [1.54, 1.807) is 45.0 Å². The molecule has 0 fully saturated rings. The minimum atomic E-state index is -5.02. The average Bonchev–Trinajstić information content (AvgIpc) is 2.49. The van der Waals surface area contributed by atoms with Crippen LogP contribution in [0.5, 0.6) is 0 Å². The Bertz CT molecular complexity index is 861. The summed E-state index contributed by atoms with van der Waals surface area (Å²) < 4.78 is 43.3. The number of fused-ring (bicyclic) bond motifs is 1. The van der Waals surface area contributed by atoms with E-state index in [1.165, 1.54) is 6.07 Å². The van der Waals surface area contributed by atoms with E-state index in [0.29, 0.717) is 14.3 Å². The van der Waals surface area contributed by atoms with Crippen molar-refractivity contribution < 1.29 is 27.5 Å². The number of carbonyl (C=O) groups is 2. The van der Waals surface area contributed by atoms with Crippen LogP contribution in [0.3, 0.4) is 0 Å². The van der Waals surface area contributed by atoms with Crippen molar-refractivity contribution in [2.45, 2.75) is 32.5 Å². The number of carbonyl (C=O) groups excluding carboxylic acids is 2. The molecule has 2 amide bonds. The van der Waals surface area contributed by atoms with Crippen LogP contribution in [-0.4, -0.2) is 23.8 Å². The summed E-state index contributed by atoms with van der Waals surface area (Å²) >= 11 is 1.85. The smallest absolute Gasteiger partial charge is 0.444 e. The number of hydrogen-bond donors (Lipinski definition) is 2. The fourth-order valence-electron chi connectivity index (χ4n) is 2.14. The maximum absolute atomic E-state index is 12.6. The van der Waals surface area contributed by atoms with Crippen LogP contribution in [-0.2, 0) is 9.53 Å². The SMILES string of the molecule is CC(C)(C)OC(=O)Nc1cc(NC(=O)C(F)(F)F)c(I)c2ccccc12. The largest absolute Gasteiger partial charge is 0.471 e. The number of hydrogen-bond acceptors (Lipinski definition) is 3. The van der Waals surface area contributed by atoms with Gasteiger partial charge in [0.05, 0.1) is 11.4 Å². The maximum Gasteiger partial charge on any atom is 0.471 e. The van der Waals surface area contributed by atoms with Crippen LogP contribution in [0.2, 0.25) is 0 Å². The highest BCUT2D eigenvalue weighted by Gasteiger charge is 2.39. The molecule has 2 aromatic carbocycles. The van der Waals surface area contributed by atoms with E-state index in [-0.39, 0.29) is 11.4 Å². The second-order valence-electron chi connectivity index (χ2n) is 6.41. The van der Waals surface area contributed by atoms with Gasteiger partial charge in [-0.3, -0.25) is 10.1 Å². The first-order chi connectivity index (χ1) is 11.9. The maximum atomic E-state index is 12.6. The number of amides is 2. The highest BCUT2D eigenvalue weighted by Crippen LogP contribution is 2.35. The molecule has 0 unspecified atom stereocenters. The first-order valence-corrected chi connectivity index (χ1v) is 8.56. The predicted octanol–water partition coefficient (Wildman–Crippen LogP) is 5.29. The minimum Gasteiger partial charge on any atom is -0.444 e. The van der Waals surface area contributed by atoms with Crippen LogP contribution in [0.1, 0.15) is 20.8 Å². The molecule has 0 atom stereocenters. The second kappa shape index (κ2) is 7.29. The summed E-state index contributed by atoms with van der Waals surface area (Å²) in [5.41, 5.74) is -0.568. The van der Waals surface area contributed by atoms with Crippen LogP contribution < -0.4 is 10.6 Å². The molecule has 0 saturated carbocycles. The van der Waals surface area contributed by atoms with Gasteiger partial charge in [0.25, 0.3) is 0 Å². The molecule has 0 aliphatic carbocycles. The number of rotatable bonds is 2. The Morgan fingerprint density at radius 1 is 1.00 bits per heavy atom. The van der Waals surface area contributed by atoms with Gasteiger partial charge < -0.3 is 10.1 Å². The molecule has 2 N–H and O–H groups in total. The van der Waals surface area contributed by atoms with E-state index in [9.17, 15) is 22.8 Å². The molecule has 9 heteroatoms. The first kappa shape index (κ1) is 20.3. The Morgan fingerprint density at radius 3 is 2.12 bits per heavy atom. The van der Waals surface area contributed by atoms with E-state index in [4.69, 9.17) is 4.74 Å². The van der Waals surface area contributed by atoms with Crippen molar-refractivity contribution in [1.29, 1.82) is 0 Å². The van der Waals surface area contributed by atoms with Crippen molar-refractivity contribution >= 4 is 56.7 Å². The first-order valence-electron chi connectivity index (χ1n) is 7.48. The molecule has 0 aliphatic heterocycles. The Kier molecular flexibility index (Phi) is 5.69. The summed E-state index contributed by atoms with van der Waals surface area (Å²) in [4.78, 5) is 23.3. The Morgan fingerprint density at radius 2 is 1.58 bits per heavy atom. The fraction of sp³-hybridized carbons (Fsp3) is 0.294. The van der Waals surface area contributed by atoms with Crippen LogP contribution in [0.25, 0.3) is 10.8 Å². The summed E-state index contributed by atoms with van der Waals surface area (Å²) in [5.74, 6) is -2.09. The number of alkyl halides is 3. The van der Waals surface area contributed by atoms with Crippen LogP contribution >= 0.6 is 22.6 Å². The van der Waals surface area contributed by atoms with Crippen molar-refractivity contribution in [3.63, 3.8) is 0 Å². The predicted molar refractivity (Wildman–Crippen MR) is 101 cm³/mol. The second-order valence-corrected chi connectivity index (χ2v) is 7.49. The zero-order valence-electron chi connectivity index (χ0n) is 14.1. The topological polar surface area (TPSA) is 67.4 Å². The molecule has 140 valence electrons. The molecular weight excluding hydrogens is 464 g/mol. The monoisotopic (exact) mass is 480 g/mol. The molecule has 26 heavy (non-hydrogen) atoms. The average molecular weight is 480 g/mol. The van der Waals surface area contributed by atoms with E-state index in [2.05, 4.69) is 5.32 Å². The molecule has 2 aromatic rings. The molecule has 0 spiro atoms. The molecule has 0 aromatic heterocycles. The highest BCUT2D eigenvalue weighted by molar-refractivity contribution is 14.1. The molecule has 0 aliphatic rings. The Labute approximate surface area is 161 Å². The van der Waals surface area contributed by atoms with Gasteiger partial charge in [0.2, 0.25) is 0 Å². The summed E-state index contributed by atoms with van der Waals surface area (Å²) in [6, 6.07) is 8.10. The molecule has 0 bridgehead atoms. The van der Waals surface area contributed by atoms with Crippen molar-refractivity contribution in [2.24, 2.45) is 0 Å². The Hall–Kier alpha value is -2.04. The fourth-order valence-corrected chi connectivity index (χ4v) is 2.90. The zero-order valence-corrected chi connectivity index (χ0v) is 16.3. The van der Waals surface area contributed by atoms with E-state index in [0.717, 1.165) is 0 Å². The van der Waals surface area contributed by atoms with E-state index in [1.807, 2.05) is 27.9 Å². The normalized spacial score (nSPS) is 12.0. The third-order valence-corrected chi connectivity index (χ3v) is 4.28. The standard InChI is InChI=1S/C17H16F3IN2O3/c1-16(2,3)26-15(25)23-11-8-12(22-14(24)17(18,19)20)13(21)10-7-5-4-6-9(10)11/h4-8H,1-3H3,(H,22,24)(H,23,25). The van der Waals surface area contributed by atoms with Crippen LogP contribution in [0.15, 0.2) is 30.3 Å². The summed E-state index contributed by atoms with van der Waals surface area (Å²) in [7, 11) is 0. The van der Waals surface area contributed by atoms with Crippen LogP contribution in [0, 0.1) is 3.57 Å². The van der Waals surface area contributed by atoms with Crippen molar-refractivity contribution in [3.8, 4) is 0 Å². The van der Waals surface area contributed by atoms with Crippen molar-refractivity contribution in [3.05, 3.63) is 33.9 Å². The summed E-state index contributed by atoms with van der Waals surface area (Å²) in [6.07, 6.45) is -5.77.